The van der Waals surface area contributed by atoms with Gasteiger partial charge in [-0.25, -0.2) is 12.8 Å². The minimum atomic E-state index is -4.33. The van der Waals surface area contributed by atoms with E-state index in [1.807, 2.05) is 0 Å². The fourth-order valence-electron chi connectivity index (χ4n) is 3.67. The minimum Gasteiger partial charge on any atom is -0.349 e. The van der Waals surface area contributed by atoms with Crippen LogP contribution in [0.15, 0.2) is 47.4 Å². The normalized spacial score (nSPS) is 19.4. The van der Waals surface area contributed by atoms with Crippen molar-refractivity contribution in [2.45, 2.75) is 42.8 Å². The number of carbonyl (C=O) groups excluding carboxylic acids is 1. The van der Waals surface area contributed by atoms with Gasteiger partial charge >= 0.3 is 6.18 Å². The summed E-state index contributed by atoms with van der Waals surface area (Å²) in [4.78, 5) is 12.5. The van der Waals surface area contributed by atoms with Gasteiger partial charge in [0.2, 0.25) is 0 Å². The third kappa shape index (κ3) is 5.35. The number of nitrogens with one attached hydrogen (secondary N) is 1. The van der Waals surface area contributed by atoms with E-state index in [9.17, 15) is 30.8 Å². The van der Waals surface area contributed by atoms with E-state index in [4.69, 9.17) is 11.6 Å². The lowest BCUT2D eigenvalue weighted by atomic mass is 9.85. The zero-order valence-electron chi connectivity index (χ0n) is 17.0. The number of benzene rings is 2. The van der Waals surface area contributed by atoms with Crippen molar-refractivity contribution in [3.63, 3.8) is 0 Å². The third-order valence-electron chi connectivity index (χ3n) is 5.50. The molecule has 0 bridgehead atoms. The van der Waals surface area contributed by atoms with Gasteiger partial charge in [0.25, 0.3) is 15.9 Å². The molecule has 11 heteroatoms. The maximum atomic E-state index is 13.1. The molecule has 1 aliphatic carbocycles. The molecule has 174 valence electrons. The maximum absolute atomic E-state index is 13.1. The molecule has 0 spiro atoms. The Morgan fingerprint density at radius 1 is 1.12 bits per heavy atom. The van der Waals surface area contributed by atoms with Crippen molar-refractivity contribution in [3.05, 3.63) is 58.9 Å². The van der Waals surface area contributed by atoms with Crippen molar-refractivity contribution in [1.29, 1.82) is 0 Å². The first-order valence-electron chi connectivity index (χ1n) is 9.81. The Bertz CT molecular complexity index is 1090. The van der Waals surface area contributed by atoms with Gasteiger partial charge in [-0.15, -0.1) is 0 Å². The van der Waals surface area contributed by atoms with E-state index in [-0.39, 0.29) is 34.0 Å². The number of alkyl halides is 3. The molecule has 2 unspecified atom stereocenters. The van der Waals surface area contributed by atoms with Crippen LogP contribution in [0.25, 0.3) is 0 Å². The molecule has 2 atom stereocenters. The summed E-state index contributed by atoms with van der Waals surface area (Å²) in [6.45, 7) is 0. The first-order valence-corrected chi connectivity index (χ1v) is 11.6. The fraction of sp³-hybridized carbons (Fsp3) is 0.381. The molecule has 0 aromatic heterocycles. The summed E-state index contributed by atoms with van der Waals surface area (Å²) in [6, 6.07) is 7.64. The first kappa shape index (κ1) is 24.3. The van der Waals surface area contributed by atoms with Crippen LogP contribution in [0, 0.1) is 11.7 Å². The number of nitrogens with zero attached hydrogens (tertiary/aromatic N) is 1. The van der Waals surface area contributed by atoms with Crippen LogP contribution in [0.2, 0.25) is 5.02 Å². The van der Waals surface area contributed by atoms with Crippen LogP contribution in [0.4, 0.5) is 23.2 Å². The second-order valence-electron chi connectivity index (χ2n) is 7.67. The van der Waals surface area contributed by atoms with E-state index >= 15 is 0 Å². The number of amides is 1. The average molecular weight is 493 g/mol. The van der Waals surface area contributed by atoms with E-state index in [0.717, 1.165) is 22.5 Å². The minimum absolute atomic E-state index is 0.0140. The predicted molar refractivity (Wildman–Crippen MR) is 113 cm³/mol. The number of hydrogen-bond acceptors (Lipinski definition) is 3. The molecule has 3 rings (SSSR count). The summed E-state index contributed by atoms with van der Waals surface area (Å²) >= 11 is 6.08. The van der Waals surface area contributed by atoms with E-state index in [2.05, 4.69) is 5.32 Å². The van der Waals surface area contributed by atoms with Crippen molar-refractivity contribution in [1.82, 2.24) is 5.32 Å². The van der Waals surface area contributed by atoms with Crippen LogP contribution in [0.1, 0.15) is 36.0 Å². The second kappa shape index (κ2) is 9.27. The van der Waals surface area contributed by atoms with Crippen molar-refractivity contribution in [2.75, 3.05) is 11.4 Å². The van der Waals surface area contributed by atoms with E-state index in [0.29, 0.717) is 12.8 Å². The fourth-order valence-corrected chi connectivity index (χ4v) is 5.09. The van der Waals surface area contributed by atoms with Gasteiger partial charge in [-0.3, -0.25) is 9.10 Å². The molecule has 1 saturated carbocycles. The van der Waals surface area contributed by atoms with Crippen molar-refractivity contribution < 1.29 is 30.8 Å². The summed E-state index contributed by atoms with van der Waals surface area (Å²) < 4.78 is 79.1. The first-order chi connectivity index (χ1) is 14.9. The van der Waals surface area contributed by atoms with Crippen LogP contribution in [0.5, 0.6) is 0 Å². The number of hydrogen-bond donors (Lipinski definition) is 1. The smallest absolute Gasteiger partial charge is 0.349 e. The third-order valence-corrected chi connectivity index (χ3v) is 7.61. The van der Waals surface area contributed by atoms with Gasteiger partial charge < -0.3 is 5.32 Å². The Labute approximate surface area is 188 Å². The molecule has 0 heterocycles. The van der Waals surface area contributed by atoms with Gasteiger partial charge in [-0.2, -0.15) is 13.2 Å². The van der Waals surface area contributed by atoms with Crippen molar-refractivity contribution >= 4 is 33.2 Å². The largest absolute Gasteiger partial charge is 0.391 e. The monoisotopic (exact) mass is 492 g/mol. The molecule has 32 heavy (non-hydrogen) atoms. The summed E-state index contributed by atoms with van der Waals surface area (Å²) in [5.74, 6) is -2.77. The molecule has 5 nitrogen and oxygen atoms in total. The Morgan fingerprint density at radius 3 is 2.41 bits per heavy atom. The molecule has 1 aliphatic rings. The molecular weight excluding hydrogens is 472 g/mol. The van der Waals surface area contributed by atoms with Gasteiger partial charge in [0.05, 0.1) is 27.1 Å². The Kier molecular flexibility index (Phi) is 7.04. The highest BCUT2D eigenvalue weighted by Gasteiger charge is 2.42. The summed E-state index contributed by atoms with van der Waals surface area (Å²) in [6.07, 6.45) is -3.85. The molecule has 0 radical (unpaired) electrons. The second-order valence-corrected chi connectivity index (χ2v) is 10.0. The SMILES string of the molecule is CN(c1ccc(F)cc1)S(=O)(=O)c1ccc(Cl)c(C(=O)NC2CCCC(C(F)(F)F)C2)c1. The quantitative estimate of drug-likeness (QED) is 0.587. The number of sulfonamides is 1. The lowest BCUT2D eigenvalue weighted by Crippen LogP contribution is -2.41. The summed E-state index contributed by atoms with van der Waals surface area (Å²) in [5.41, 5.74) is 0.0436. The number of rotatable bonds is 5. The molecule has 1 amide bonds. The standard InChI is InChI=1S/C21H21ClF4N2O3S/c1-28(16-7-5-14(23)6-8-16)32(30,31)17-9-10-19(22)18(12-17)20(29)27-15-4-2-3-13(11-15)21(24,25)26/h5-10,12-13,15H,2-4,11H2,1H3,(H,27,29). The molecule has 1 fully saturated rings. The highest BCUT2D eigenvalue weighted by atomic mass is 35.5. The van der Waals surface area contributed by atoms with E-state index in [1.54, 1.807) is 0 Å². The number of anilines is 1. The van der Waals surface area contributed by atoms with E-state index in [1.165, 1.54) is 31.3 Å². The molecule has 2 aromatic rings. The summed E-state index contributed by atoms with van der Waals surface area (Å²) in [7, 11) is -2.84. The highest BCUT2D eigenvalue weighted by Crippen LogP contribution is 2.37. The van der Waals surface area contributed by atoms with E-state index < -0.39 is 39.9 Å². The van der Waals surface area contributed by atoms with Gasteiger partial charge in [0.15, 0.2) is 0 Å². The Balaban J connectivity index is 1.82. The molecule has 1 N–H and O–H groups in total. The highest BCUT2D eigenvalue weighted by molar-refractivity contribution is 7.92. The van der Waals surface area contributed by atoms with Gasteiger partial charge in [-0.05, 0) is 61.7 Å². The van der Waals surface area contributed by atoms with Crippen LogP contribution < -0.4 is 9.62 Å². The van der Waals surface area contributed by atoms with Crippen molar-refractivity contribution in [2.24, 2.45) is 5.92 Å². The van der Waals surface area contributed by atoms with Gasteiger partial charge in [0.1, 0.15) is 5.82 Å². The maximum Gasteiger partial charge on any atom is 0.391 e. The molecular formula is C21H21ClF4N2O3S. The van der Waals surface area contributed by atoms with Gasteiger partial charge in [0, 0.05) is 13.1 Å². The van der Waals surface area contributed by atoms with Crippen LogP contribution in [0.3, 0.4) is 0 Å². The molecule has 2 aromatic carbocycles. The van der Waals surface area contributed by atoms with Crippen LogP contribution in [-0.2, 0) is 10.0 Å². The Morgan fingerprint density at radius 2 is 1.78 bits per heavy atom. The Hall–Kier alpha value is -2.33. The zero-order valence-corrected chi connectivity index (χ0v) is 18.6. The molecule has 0 aliphatic heterocycles. The lowest BCUT2D eigenvalue weighted by Gasteiger charge is -2.31. The van der Waals surface area contributed by atoms with Crippen LogP contribution in [-0.4, -0.2) is 33.6 Å². The average Bonchev–Trinajstić information content (AvgIpc) is 2.73. The predicted octanol–water partition coefficient (Wildman–Crippen LogP) is 5.16. The zero-order chi connectivity index (χ0) is 23.7. The number of carbonyl (C=O) groups is 1. The van der Waals surface area contributed by atoms with Crippen LogP contribution >= 0.6 is 11.6 Å². The number of halogens is 5. The van der Waals surface area contributed by atoms with Gasteiger partial charge in [-0.1, -0.05) is 18.0 Å². The summed E-state index contributed by atoms with van der Waals surface area (Å²) in [5, 5.41) is 2.52. The molecule has 0 saturated heterocycles. The topological polar surface area (TPSA) is 66.5 Å². The lowest BCUT2D eigenvalue weighted by molar-refractivity contribution is -0.183. The van der Waals surface area contributed by atoms with Crippen molar-refractivity contribution in [3.8, 4) is 0 Å².